The summed E-state index contributed by atoms with van der Waals surface area (Å²) in [4.78, 5) is 5.39. The first kappa shape index (κ1) is 44.1. The second-order valence-corrected chi connectivity index (χ2v) is 25.1. The highest BCUT2D eigenvalue weighted by atomic mass is 16.3. The fourth-order valence-electron chi connectivity index (χ4n) is 13.2. The molecular weight excluding hydrogens is 812 g/mol. The molecule has 3 nitrogen and oxygen atoms in total. The molecule has 0 saturated heterocycles. The average molecular weight is 883 g/mol. The van der Waals surface area contributed by atoms with Gasteiger partial charge in [0.2, 0.25) is 0 Å². The minimum absolute atomic E-state index is 0.0132. The van der Waals surface area contributed by atoms with Crippen molar-refractivity contribution >= 4 is 62.8 Å². The van der Waals surface area contributed by atoms with Gasteiger partial charge in [-0.1, -0.05) is 155 Å². The van der Waals surface area contributed by atoms with Gasteiger partial charge in [-0.05, 0) is 166 Å². The van der Waals surface area contributed by atoms with E-state index in [1.165, 1.54) is 91.2 Å². The van der Waals surface area contributed by atoms with Gasteiger partial charge in [-0.3, -0.25) is 0 Å². The molecule has 3 aliphatic carbocycles. The number of nitrogens with zero attached hydrogens (tertiary/aromatic N) is 2. The number of fused-ring (bicyclic) bond motifs is 8. The molecule has 4 heteroatoms. The first-order valence-electron chi connectivity index (χ1n) is 25.2. The molecule has 1 saturated carbocycles. The van der Waals surface area contributed by atoms with E-state index in [9.17, 15) is 0 Å². The van der Waals surface area contributed by atoms with E-state index < -0.39 is 0 Å². The van der Waals surface area contributed by atoms with Gasteiger partial charge in [-0.2, -0.15) is 0 Å². The van der Waals surface area contributed by atoms with E-state index in [1.807, 2.05) is 0 Å². The summed E-state index contributed by atoms with van der Waals surface area (Å²) in [5.74, 6) is 0.614. The SMILES string of the molecule is C=C(C)c1cc2c3c(c1)N(c1ccc(C(C)(C)C)cc1C)c1c(oc4ccc(C)cc14)B3C1=C(C3C(C=C1)C(C)(C)CCC3(C)C)N2c1cc2c(cc1-c1ccccc1)C(C)(C)CCC2(C)C. The van der Waals surface area contributed by atoms with Crippen molar-refractivity contribution in [1.82, 2.24) is 0 Å². The van der Waals surface area contributed by atoms with Crippen LogP contribution in [0.1, 0.15) is 142 Å². The number of anilines is 5. The van der Waals surface area contributed by atoms with Crippen LogP contribution in [0.5, 0.6) is 0 Å². The molecule has 2 atom stereocenters. The smallest absolute Gasteiger partial charge is 0.296 e. The van der Waals surface area contributed by atoms with Crippen LogP contribution in [0.2, 0.25) is 0 Å². The molecule has 2 aliphatic heterocycles. The Labute approximate surface area is 402 Å². The highest BCUT2D eigenvalue weighted by Crippen LogP contribution is 2.62. The van der Waals surface area contributed by atoms with E-state index in [0.29, 0.717) is 5.92 Å². The maximum atomic E-state index is 7.43. The summed E-state index contributed by atoms with van der Waals surface area (Å²) in [7, 11) is 0. The summed E-state index contributed by atoms with van der Waals surface area (Å²) in [6.45, 7) is 38.3. The highest BCUT2D eigenvalue weighted by Gasteiger charge is 2.56. The number of benzene rings is 5. The Bertz CT molecular complexity index is 3140. The van der Waals surface area contributed by atoms with E-state index in [0.717, 1.165) is 46.3 Å². The van der Waals surface area contributed by atoms with Gasteiger partial charge in [0.15, 0.2) is 0 Å². The number of aryl methyl sites for hydroxylation is 2. The van der Waals surface area contributed by atoms with E-state index in [2.05, 4.69) is 210 Å². The first-order chi connectivity index (χ1) is 31.5. The quantitative estimate of drug-likeness (QED) is 0.165. The standard InChI is InChI=1S/C63H71BN2O/c1-37(2)41-33-51-55-52(34-41)66(50-36-47-46(61(10,11)27-28-62(47,12)13)35-43(50)40-19-17-16-18-20-40)57-48(24-23-45-54(57)63(14,15)30-29-60(45,8)9)64(55)58-56(44-31-38(3)21-26-53(44)67-58)65(51)49-25-22-42(32-39(49)4)59(5,6)7/h16-26,31-36,45,54H,1,27-30H2,2-15H3. The van der Waals surface area contributed by atoms with Gasteiger partial charge >= 0.3 is 0 Å². The molecule has 0 radical (unpaired) electrons. The fourth-order valence-corrected chi connectivity index (χ4v) is 13.2. The van der Waals surface area contributed by atoms with Crippen molar-refractivity contribution < 1.29 is 4.42 Å². The topological polar surface area (TPSA) is 19.6 Å². The van der Waals surface area contributed by atoms with Crippen molar-refractivity contribution in [3.63, 3.8) is 0 Å². The van der Waals surface area contributed by atoms with Crippen molar-refractivity contribution in [3.05, 3.63) is 154 Å². The van der Waals surface area contributed by atoms with Crippen LogP contribution < -0.4 is 20.9 Å². The molecule has 0 N–H and O–H groups in total. The zero-order valence-electron chi connectivity index (χ0n) is 42.9. The summed E-state index contributed by atoms with van der Waals surface area (Å²) < 4.78 is 7.43. The molecule has 6 aromatic rings. The van der Waals surface area contributed by atoms with Gasteiger partial charge in [-0.25, -0.2) is 0 Å². The monoisotopic (exact) mass is 883 g/mol. The van der Waals surface area contributed by atoms with E-state index in [-0.39, 0.29) is 39.7 Å². The predicted octanol–water partition coefficient (Wildman–Crippen LogP) is 16.4. The summed E-state index contributed by atoms with van der Waals surface area (Å²) in [5, 5.41) is 1.16. The third-order valence-corrected chi connectivity index (χ3v) is 17.5. The Balaban J connectivity index is 1.32. The van der Waals surface area contributed by atoms with E-state index in [1.54, 1.807) is 0 Å². The zero-order valence-corrected chi connectivity index (χ0v) is 42.9. The molecule has 1 fully saturated rings. The van der Waals surface area contributed by atoms with Gasteiger partial charge < -0.3 is 14.2 Å². The van der Waals surface area contributed by atoms with Gasteiger partial charge in [-0.15, -0.1) is 0 Å². The largest absolute Gasteiger partial charge is 0.468 e. The summed E-state index contributed by atoms with van der Waals surface area (Å²) in [6, 6.07) is 35.4. The molecule has 5 aliphatic rings. The Morgan fingerprint density at radius 3 is 2.01 bits per heavy atom. The Morgan fingerprint density at radius 1 is 0.701 bits per heavy atom. The highest BCUT2D eigenvalue weighted by molar-refractivity contribution is 6.95. The maximum Gasteiger partial charge on any atom is 0.296 e. The molecule has 11 rings (SSSR count). The van der Waals surface area contributed by atoms with Crippen molar-refractivity contribution in [2.24, 2.45) is 22.7 Å². The second kappa shape index (κ2) is 14.5. The Hall–Kier alpha value is -5.48. The van der Waals surface area contributed by atoms with Gasteiger partial charge in [0.1, 0.15) is 5.58 Å². The third-order valence-electron chi connectivity index (χ3n) is 17.5. The van der Waals surface area contributed by atoms with Crippen molar-refractivity contribution in [2.45, 2.75) is 139 Å². The molecule has 342 valence electrons. The Morgan fingerprint density at radius 2 is 1.36 bits per heavy atom. The summed E-state index contributed by atoms with van der Waals surface area (Å²) >= 11 is 0. The molecule has 3 heterocycles. The molecule has 0 amide bonds. The third kappa shape index (κ3) is 6.58. The number of hydrogen-bond donors (Lipinski definition) is 0. The van der Waals surface area contributed by atoms with Crippen LogP contribution in [-0.2, 0) is 16.2 Å². The van der Waals surface area contributed by atoms with Crippen LogP contribution in [-0.4, -0.2) is 6.71 Å². The number of hydrogen-bond acceptors (Lipinski definition) is 3. The van der Waals surface area contributed by atoms with Crippen molar-refractivity contribution in [2.75, 3.05) is 9.80 Å². The van der Waals surface area contributed by atoms with Crippen LogP contribution in [0.25, 0.3) is 27.7 Å². The lowest BCUT2D eigenvalue weighted by atomic mass is 9.33. The number of furan rings is 1. The fraction of sp³-hybridized carbons (Fsp3) is 0.397. The maximum absolute atomic E-state index is 7.43. The van der Waals surface area contributed by atoms with Crippen LogP contribution in [0.4, 0.5) is 28.4 Å². The normalized spacial score (nSPS) is 21.7. The van der Waals surface area contributed by atoms with Crippen LogP contribution >= 0.6 is 0 Å². The predicted molar refractivity (Wildman–Crippen MR) is 288 cm³/mol. The van der Waals surface area contributed by atoms with Gasteiger partial charge in [0, 0.05) is 39.6 Å². The zero-order chi connectivity index (χ0) is 47.5. The minimum atomic E-state index is -0.116. The molecular formula is C63H71BN2O. The second-order valence-electron chi connectivity index (χ2n) is 25.1. The van der Waals surface area contributed by atoms with Crippen LogP contribution in [0, 0.1) is 36.5 Å². The lowest BCUT2D eigenvalue weighted by Crippen LogP contribution is -2.59. The Kier molecular flexibility index (Phi) is 9.55. The lowest BCUT2D eigenvalue weighted by molar-refractivity contribution is 0.0254. The number of allylic oxidation sites excluding steroid dienone is 5. The van der Waals surface area contributed by atoms with E-state index >= 15 is 0 Å². The molecule has 5 aromatic carbocycles. The van der Waals surface area contributed by atoms with Crippen molar-refractivity contribution in [3.8, 4) is 11.1 Å². The molecule has 2 unspecified atom stereocenters. The first-order valence-corrected chi connectivity index (χ1v) is 25.2. The average Bonchev–Trinajstić information content (AvgIpc) is 3.64. The van der Waals surface area contributed by atoms with Crippen LogP contribution in [0.15, 0.2) is 125 Å². The van der Waals surface area contributed by atoms with Gasteiger partial charge in [0.25, 0.3) is 6.71 Å². The van der Waals surface area contributed by atoms with Gasteiger partial charge in [0.05, 0.1) is 17.0 Å². The number of rotatable bonds is 4. The summed E-state index contributed by atoms with van der Waals surface area (Å²) in [6.07, 6.45) is 9.87. The molecule has 0 bridgehead atoms. The lowest BCUT2D eigenvalue weighted by Gasteiger charge is -2.57. The van der Waals surface area contributed by atoms with Crippen molar-refractivity contribution in [1.29, 1.82) is 0 Å². The molecule has 1 aromatic heterocycles. The molecule has 67 heavy (non-hydrogen) atoms. The van der Waals surface area contributed by atoms with E-state index in [4.69, 9.17) is 11.0 Å². The van der Waals surface area contributed by atoms with Crippen LogP contribution in [0.3, 0.4) is 0 Å². The summed E-state index contributed by atoms with van der Waals surface area (Å²) in [5.41, 5.74) is 23.9. The minimum Gasteiger partial charge on any atom is -0.468 e. The molecule has 0 spiro atoms.